The van der Waals surface area contributed by atoms with E-state index in [9.17, 15) is 0 Å². The van der Waals surface area contributed by atoms with Crippen LogP contribution in [0, 0.1) is 6.92 Å². The predicted molar refractivity (Wildman–Crippen MR) is 107 cm³/mol. The normalized spacial score (nSPS) is 12.8. The Balaban J connectivity index is 1.92. The molecule has 0 atom stereocenters. The highest BCUT2D eigenvalue weighted by Crippen LogP contribution is 2.41. The third kappa shape index (κ3) is 2.38. The maximum Gasteiger partial charge on any atom is 0.128 e. The van der Waals surface area contributed by atoms with Gasteiger partial charge >= 0.3 is 0 Å². The van der Waals surface area contributed by atoms with Crippen LogP contribution < -0.4 is 4.74 Å². The molecule has 0 amide bonds. The zero-order chi connectivity index (χ0) is 17.5. The maximum absolute atomic E-state index is 6.06. The highest BCUT2D eigenvalue weighted by atomic mass is 16.5. The van der Waals surface area contributed by atoms with E-state index < -0.39 is 0 Å². The molecule has 4 aromatic rings. The van der Waals surface area contributed by atoms with Crippen LogP contribution in [0.4, 0.5) is 0 Å². The van der Waals surface area contributed by atoms with Gasteiger partial charge in [-0.2, -0.15) is 0 Å². The molecule has 0 radical (unpaired) electrons. The minimum Gasteiger partial charge on any atom is -0.493 e. The Morgan fingerprint density at radius 1 is 0.885 bits per heavy atom. The molecule has 2 heteroatoms. The number of hydrogen-bond acceptors (Lipinski definition) is 2. The summed E-state index contributed by atoms with van der Waals surface area (Å²) in [7, 11) is 0. The molecule has 2 heterocycles. The van der Waals surface area contributed by atoms with E-state index in [0.29, 0.717) is 6.61 Å². The molecule has 126 valence electrons. The van der Waals surface area contributed by atoms with Crippen LogP contribution in [0.1, 0.15) is 11.1 Å². The summed E-state index contributed by atoms with van der Waals surface area (Å²) in [4.78, 5) is 5.06. The van der Waals surface area contributed by atoms with E-state index >= 15 is 0 Å². The SMILES string of the molecule is Cc1ccc2c(c1)-c1nc3ccccc3c(-c3ccccc3)c1CCO2. The Kier molecular flexibility index (Phi) is 3.49. The second-order valence-corrected chi connectivity index (χ2v) is 6.80. The second-order valence-electron chi connectivity index (χ2n) is 6.80. The van der Waals surface area contributed by atoms with Crippen LogP contribution in [0.25, 0.3) is 33.3 Å². The van der Waals surface area contributed by atoms with E-state index in [0.717, 1.165) is 28.9 Å². The summed E-state index contributed by atoms with van der Waals surface area (Å²) in [6, 6.07) is 25.4. The molecule has 1 aromatic heterocycles. The van der Waals surface area contributed by atoms with E-state index in [1.165, 1.54) is 27.6 Å². The molecule has 5 rings (SSSR count). The number of hydrogen-bond donors (Lipinski definition) is 0. The molecule has 0 aliphatic carbocycles. The molecule has 26 heavy (non-hydrogen) atoms. The molecule has 1 aliphatic rings. The third-order valence-corrected chi connectivity index (χ3v) is 5.06. The van der Waals surface area contributed by atoms with Crippen LogP contribution in [0.3, 0.4) is 0 Å². The van der Waals surface area contributed by atoms with Crippen LogP contribution in [0.15, 0.2) is 72.8 Å². The second kappa shape index (κ2) is 5.99. The molecule has 0 N–H and O–H groups in total. The maximum atomic E-state index is 6.06. The molecule has 0 fully saturated rings. The molecule has 0 saturated heterocycles. The minimum atomic E-state index is 0.670. The Hall–Kier alpha value is -3.13. The Labute approximate surface area is 153 Å². The fourth-order valence-electron chi connectivity index (χ4n) is 3.87. The Morgan fingerprint density at radius 2 is 1.69 bits per heavy atom. The van der Waals surface area contributed by atoms with Gasteiger partial charge in [-0.3, -0.25) is 0 Å². The molecule has 0 unspecified atom stereocenters. The van der Waals surface area contributed by atoms with Crippen molar-refractivity contribution in [2.75, 3.05) is 6.61 Å². The lowest BCUT2D eigenvalue weighted by Gasteiger charge is -2.16. The summed E-state index contributed by atoms with van der Waals surface area (Å²) < 4.78 is 6.06. The number of rotatable bonds is 1. The third-order valence-electron chi connectivity index (χ3n) is 5.06. The number of fused-ring (bicyclic) bond motifs is 4. The highest BCUT2D eigenvalue weighted by molar-refractivity contribution is 5.99. The molecule has 2 nitrogen and oxygen atoms in total. The molecule has 0 spiro atoms. The smallest absolute Gasteiger partial charge is 0.128 e. The average Bonchev–Trinajstić information content (AvgIpc) is 2.86. The van der Waals surface area contributed by atoms with Crippen molar-refractivity contribution in [3.63, 3.8) is 0 Å². The molecular weight excluding hydrogens is 318 g/mol. The number of aromatic nitrogens is 1. The van der Waals surface area contributed by atoms with E-state index in [4.69, 9.17) is 9.72 Å². The van der Waals surface area contributed by atoms with Crippen molar-refractivity contribution >= 4 is 10.9 Å². The average molecular weight is 337 g/mol. The summed E-state index contributed by atoms with van der Waals surface area (Å²) in [6.07, 6.45) is 0.852. The Morgan fingerprint density at radius 3 is 2.58 bits per heavy atom. The lowest BCUT2D eigenvalue weighted by atomic mass is 9.90. The van der Waals surface area contributed by atoms with Gasteiger partial charge in [0, 0.05) is 17.4 Å². The van der Waals surface area contributed by atoms with Crippen molar-refractivity contribution in [3.05, 3.63) is 83.9 Å². The fourth-order valence-corrected chi connectivity index (χ4v) is 3.87. The van der Waals surface area contributed by atoms with Gasteiger partial charge in [0.05, 0.1) is 17.8 Å². The quantitative estimate of drug-likeness (QED) is 0.437. The number of benzene rings is 3. The number of para-hydroxylation sites is 1. The number of aryl methyl sites for hydroxylation is 1. The zero-order valence-electron chi connectivity index (χ0n) is 14.7. The minimum absolute atomic E-state index is 0.670. The van der Waals surface area contributed by atoms with Crippen LogP contribution in [-0.2, 0) is 6.42 Å². The molecule has 0 bridgehead atoms. The first-order valence-corrected chi connectivity index (χ1v) is 9.02. The van der Waals surface area contributed by atoms with Crippen LogP contribution in [0.2, 0.25) is 0 Å². The lowest BCUT2D eigenvalue weighted by Crippen LogP contribution is -2.02. The van der Waals surface area contributed by atoms with Gasteiger partial charge in [-0.25, -0.2) is 4.98 Å². The van der Waals surface area contributed by atoms with Crippen molar-refractivity contribution in [1.82, 2.24) is 4.98 Å². The van der Waals surface area contributed by atoms with Crippen molar-refractivity contribution in [2.45, 2.75) is 13.3 Å². The van der Waals surface area contributed by atoms with Gasteiger partial charge < -0.3 is 4.74 Å². The molecular formula is C24H19NO. The molecule has 3 aromatic carbocycles. The van der Waals surface area contributed by atoms with Gasteiger partial charge in [0.15, 0.2) is 0 Å². The summed E-state index contributed by atoms with van der Waals surface area (Å²) in [5.41, 5.74) is 8.19. The van der Waals surface area contributed by atoms with Crippen LogP contribution in [0.5, 0.6) is 5.75 Å². The topological polar surface area (TPSA) is 22.1 Å². The van der Waals surface area contributed by atoms with Crippen molar-refractivity contribution in [3.8, 4) is 28.1 Å². The summed E-state index contributed by atoms with van der Waals surface area (Å²) in [5, 5.41) is 1.20. The monoisotopic (exact) mass is 337 g/mol. The highest BCUT2D eigenvalue weighted by Gasteiger charge is 2.22. The first kappa shape index (κ1) is 15.2. The van der Waals surface area contributed by atoms with E-state index in [-0.39, 0.29) is 0 Å². The van der Waals surface area contributed by atoms with Gasteiger partial charge in [0.2, 0.25) is 0 Å². The van der Waals surface area contributed by atoms with Crippen molar-refractivity contribution in [2.24, 2.45) is 0 Å². The summed E-state index contributed by atoms with van der Waals surface area (Å²) >= 11 is 0. The van der Waals surface area contributed by atoms with E-state index in [2.05, 4.69) is 79.7 Å². The standard InChI is InChI=1S/C24H19NO/c1-16-11-12-22-20(15-16)24-19(13-14-26-22)23(17-7-3-2-4-8-17)18-9-5-6-10-21(18)25-24/h2-12,15H,13-14H2,1H3. The zero-order valence-corrected chi connectivity index (χ0v) is 14.7. The van der Waals surface area contributed by atoms with Gasteiger partial charge in [-0.15, -0.1) is 0 Å². The first-order chi connectivity index (χ1) is 12.8. The number of nitrogens with zero attached hydrogens (tertiary/aromatic N) is 1. The summed E-state index contributed by atoms with van der Waals surface area (Å²) in [6.45, 7) is 2.78. The molecule has 0 saturated carbocycles. The van der Waals surface area contributed by atoms with Crippen molar-refractivity contribution < 1.29 is 4.74 Å². The van der Waals surface area contributed by atoms with Crippen molar-refractivity contribution in [1.29, 1.82) is 0 Å². The molecule has 1 aliphatic heterocycles. The lowest BCUT2D eigenvalue weighted by molar-refractivity contribution is 0.326. The predicted octanol–water partition coefficient (Wildman–Crippen LogP) is 5.81. The van der Waals surface area contributed by atoms with Gasteiger partial charge in [0.1, 0.15) is 5.75 Å². The first-order valence-electron chi connectivity index (χ1n) is 9.02. The Bertz CT molecular complexity index is 1120. The van der Waals surface area contributed by atoms with E-state index in [1.54, 1.807) is 0 Å². The number of pyridine rings is 1. The van der Waals surface area contributed by atoms with Crippen LogP contribution in [-0.4, -0.2) is 11.6 Å². The largest absolute Gasteiger partial charge is 0.493 e. The fraction of sp³-hybridized carbons (Fsp3) is 0.125. The number of ether oxygens (including phenoxy) is 1. The van der Waals surface area contributed by atoms with E-state index in [1.807, 2.05) is 0 Å². The van der Waals surface area contributed by atoms with Gasteiger partial charge in [0.25, 0.3) is 0 Å². The summed E-state index contributed by atoms with van der Waals surface area (Å²) in [5.74, 6) is 0.927. The van der Waals surface area contributed by atoms with Crippen LogP contribution >= 0.6 is 0 Å². The van der Waals surface area contributed by atoms with Gasteiger partial charge in [-0.1, -0.05) is 60.2 Å². The van der Waals surface area contributed by atoms with Gasteiger partial charge in [-0.05, 0) is 41.8 Å².